The van der Waals surface area contributed by atoms with Crippen molar-refractivity contribution in [1.82, 2.24) is 14.7 Å². The molecule has 4 rings (SSSR count). The van der Waals surface area contributed by atoms with Gasteiger partial charge in [0.2, 0.25) is 0 Å². The van der Waals surface area contributed by atoms with Crippen molar-refractivity contribution < 1.29 is 4.79 Å². The number of nitrogens with zero attached hydrogens (tertiary/aromatic N) is 3. The molecule has 0 aliphatic carbocycles. The topological polar surface area (TPSA) is 96.2 Å². The van der Waals surface area contributed by atoms with Crippen LogP contribution in [0.1, 0.15) is 34.3 Å². The molecule has 0 aliphatic rings. The Bertz CT molecular complexity index is 1280. The largest absolute Gasteiger partial charge is 0.352 e. The lowest BCUT2D eigenvalue weighted by molar-refractivity contribution is 0.0952. The molecule has 0 aliphatic heterocycles. The molecule has 2 aromatic heterocycles. The number of aryl methyl sites for hydroxylation is 1. The molecule has 32 heavy (non-hydrogen) atoms. The summed E-state index contributed by atoms with van der Waals surface area (Å²) in [6, 6.07) is 21.4. The van der Waals surface area contributed by atoms with Crippen LogP contribution in [0.4, 0.5) is 0 Å². The summed E-state index contributed by atoms with van der Waals surface area (Å²) in [5.74, 6) is -0.125. The van der Waals surface area contributed by atoms with Gasteiger partial charge in [-0.3, -0.25) is 9.20 Å². The summed E-state index contributed by atoms with van der Waals surface area (Å²) in [5, 5.41) is 12.1. The number of pyridine rings is 1. The number of amides is 1. The van der Waals surface area contributed by atoms with Crippen LogP contribution in [0.2, 0.25) is 0 Å². The van der Waals surface area contributed by atoms with Gasteiger partial charge >= 0.3 is 0 Å². The smallest absolute Gasteiger partial charge is 0.252 e. The molecule has 0 saturated heterocycles. The lowest BCUT2D eigenvalue weighted by Gasteiger charge is -2.09. The minimum atomic E-state index is -0.125. The number of nitrogens with two attached hydrogens (primary N) is 1. The Balaban J connectivity index is 1.81. The number of unbranched alkanes of at least 4 members (excludes halogenated alkanes) is 1. The van der Waals surface area contributed by atoms with Gasteiger partial charge < -0.3 is 11.1 Å². The van der Waals surface area contributed by atoms with Crippen LogP contribution in [0.25, 0.3) is 28.2 Å². The summed E-state index contributed by atoms with van der Waals surface area (Å²) >= 11 is 0. The normalized spacial score (nSPS) is 10.8. The maximum Gasteiger partial charge on any atom is 0.252 e. The van der Waals surface area contributed by atoms with Crippen molar-refractivity contribution in [1.29, 1.82) is 5.26 Å². The van der Waals surface area contributed by atoms with E-state index in [-0.39, 0.29) is 5.91 Å². The summed E-state index contributed by atoms with van der Waals surface area (Å²) in [7, 11) is 0. The van der Waals surface area contributed by atoms with E-state index in [1.54, 1.807) is 18.2 Å². The molecule has 6 heteroatoms. The number of hydrogen-bond donors (Lipinski definition) is 2. The highest BCUT2D eigenvalue weighted by Gasteiger charge is 2.17. The molecular formula is C26H25N5O. The SMILES string of the molecule is Cc1ccc(-c2nc3ccc(C(=O)NCCCCN)cn3c2-c2ccc(C#N)cc2)cc1. The summed E-state index contributed by atoms with van der Waals surface area (Å²) < 4.78 is 1.95. The second kappa shape index (κ2) is 9.46. The Morgan fingerprint density at radius 1 is 1.03 bits per heavy atom. The van der Waals surface area contributed by atoms with Crippen LogP contribution >= 0.6 is 0 Å². The minimum Gasteiger partial charge on any atom is -0.352 e. The number of carbonyl (C=O) groups is 1. The standard InChI is InChI=1S/C26H25N5O/c1-18-4-8-20(9-5-18)24-25(21-10-6-19(16-28)7-11-21)31-17-22(12-13-23(31)30-24)26(32)29-15-3-2-14-27/h4-13,17H,2-3,14-15,27H2,1H3,(H,29,32). The summed E-state index contributed by atoms with van der Waals surface area (Å²) in [6.07, 6.45) is 3.55. The zero-order chi connectivity index (χ0) is 22.5. The van der Waals surface area contributed by atoms with E-state index in [1.165, 1.54) is 5.56 Å². The molecule has 0 unspecified atom stereocenters. The monoisotopic (exact) mass is 423 g/mol. The molecule has 1 amide bonds. The Hall–Kier alpha value is -3.95. The number of nitrogens with one attached hydrogen (secondary N) is 1. The second-order valence-electron chi connectivity index (χ2n) is 7.76. The number of imidazole rings is 1. The predicted octanol–water partition coefficient (Wildman–Crippen LogP) is 4.32. The maximum absolute atomic E-state index is 12.7. The van der Waals surface area contributed by atoms with E-state index in [1.807, 2.05) is 35.7 Å². The highest BCUT2D eigenvalue weighted by molar-refractivity contribution is 5.94. The van der Waals surface area contributed by atoms with Gasteiger partial charge in [-0.25, -0.2) is 4.98 Å². The van der Waals surface area contributed by atoms with Crippen LogP contribution in [0.15, 0.2) is 66.9 Å². The lowest BCUT2D eigenvalue weighted by atomic mass is 10.0. The van der Waals surface area contributed by atoms with Crippen LogP contribution in [-0.4, -0.2) is 28.4 Å². The van der Waals surface area contributed by atoms with Crippen molar-refractivity contribution in [3.63, 3.8) is 0 Å². The van der Waals surface area contributed by atoms with Gasteiger partial charge in [0, 0.05) is 23.9 Å². The quantitative estimate of drug-likeness (QED) is 0.433. The molecule has 0 saturated carbocycles. The molecule has 6 nitrogen and oxygen atoms in total. The van der Waals surface area contributed by atoms with Gasteiger partial charge in [0.05, 0.1) is 28.6 Å². The fraction of sp³-hybridized carbons (Fsp3) is 0.192. The van der Waals surface area contributed by atoms with Gasteiger partial charge in [0.25, 0.3) is 5.91 Å². The zero-order valence-electron chi connectivity index (χ0n) is 18.0. The van der Waals surface area contributed by atoms with Gasteiger partial charge in [-0.1, -0.05) is 42.0 Å². The van der Waals surface area contributed by atoms with Gasteiger partial charge in [-0.2, -0.15) is 5.26 Å². The van der Waals surface area contributed by atoms with E-state index < -0.39 is 0 Å². The summed E-state index contributed by atoms with van der Waals surface area (Å²) in [6.45, 7) is 3.26. The van der Waals surface area contributed by atoms with Crippen LogP contribution in [0.5, 0.6) is 0 Å². The first kappa shape index (κ1) is 21.3. The molecule has 4 aromatic rings. The number of nitriles is 1. The van der Waals surface area contributed by atoms with Gasteiger partial charge in [-0.05, 0) is 50.6 Å². The van der Waals surface area contributed by atoms with E-state index in [4.69, 9.17) is 10.7 Å². The van der Waals surface area contributed by atoms with Crippen molar-refractivity contribution in [2.75, 3.05) is 13.1 Å². The fourth-order valence-electron chi connectivity index (χ4n) is 3.64. The first-order chi connectivity index (χ1) is 15.6. The van der Waals surface area contributed by atoms with Crippen molar-refractivity contribution in [3.8, 4) is 28.6 Å². The lowest BCUT2D eigenvalue weighted by Crippen LogP contribution is -2.25. The highest BCUT2D eigenvalue weighted by atomic mass is 16.1. The molecule has 0 bridgehead atoms. The first-order valence-corrected chi connectivity index (χ1v) is 10.7. The molecule has 3 N–H and O–H groups in total. The second-order valence-corrected chi connectivity index (χ2v) is 7.76. The average Bonchev–Trinajstić information content (AvgIpc) is 3.21. The molecule has 2 heterocycles. The van der Waals surface area contributed by atoms with Crippen molar-refractivity contribution >= 4 is 11.6 Å². The fourth-order valence-corrected chi connectivity index (χ4v) is 3.64. The maximum atomic E-state index is 12.7. The average molecular weight is 424 g/mol. The van der Waals surface area contributed by atoms with Gasteiger partial charge in [-0.15, -0.1) is 0 Å². The molecule has 0 atom stereocenters. The van der Waals surface area contributed by atoms with Crippen molar-refractivity contribution in [2.45, 2.75) is 19.8 Å². The van der Waals surface area contributed by atoms with Gasteiger partial charge in [0.15, 0.2) is 0 Å². The van der Waals surface area contributed by atoms with Crippen LogP contribution in [0, 0.1) is 18.3 Å². The van der Waals surface area contributed by atoms with Crippen molar-refractivity contribution in [3.05, 3.63) is 83.6 Å². The molecule has 2 aromatic carbocycles. The summed E-state index contributed by atoms with van der Waals surface area (Å²) in [5.41, 5.74) is 12.2. The Morgan fingerprint density at radius 3 is 2.44 bits per heavy atom. The zero-order valence-corrected chi connectivity index (χ0v) is 18.0. The third-order valence-electron chi connectivity index (χ3n) is 5.41. The molecule has 160 valence electrons. The van der Waals surface area contributed by atoms with E-state index in [2.05, 4.69) is 35.7 Å². The molecular weight excluding hydrogens is 398 g/mol. The first-order valence-electron chi connectivity index (χ1n) is 10.7. The number of benzene rings is 2. The number of rotatable bonds is 7. The number of aromatic nitrogens is 2. The van der Waals surface area contributed by atoms with Gasteiger partial charge in [0.1, 0.15) is 5.65 Å². The number of carbonyl (C=O) groups excluding carboxylic acids is 1. The highest BCUT2D eigenvalue weighted by Crippen LogP contribution is 2.33. The van der Waals surface area contributed by atoms with Crippen molar-refractivity contribution in [2.24, 2.45) is 5.73 Å². The summed E-state index contributed by atoms with van der Waals surface area (Å²) in [4.78, 5) is 17.6. The molecule has 0 radical (unpaired) electrons. The Labute approximate surface area is 187 Å². The van der Waals surface area contributed by atoms with Crippen LogP contribution < -0.4 is 11.1 Å². The third kappa shape index (κ3) is 4.39. The molecule has 0 spiro atoms. The third-order valence-corrected chi connectivity index (χ3v) is 5.41. The van der Waals surface area contributed by atoms with E-state index in [0.717, 1.165) is 41.0 Å². The Morgan fingerprint density at radius 2 is 1.75 bits per heavy atom. The Kier molecular flexibility index (Phi) is 6.29. The minimum absolute atomic E-state index is 0.125. The van der Waals surface area contributed by atoms with E-state index in [9.17, 15) is 10.1 Å². The van der Waals surface area contributed by atoms with E-state index in [0.29, 0.717) is 24.2 Å². The van der Waals surface area contributed by atoms with Crippen LogP contribution in [0.3, 0.4) is 0 Å². The van der Waals surface area contributed by atoms with E-state index >= 15 is 0 Å². The number of fused-ring (bicyclic) bond motifs is 1. The number of hydrogen-bond acceptors (Lipinski definition) is 4. The van der Waals surface area contributed by atoms with Crippen LogP contribution in [-0.2, 0) is 0 Å². The predicted molar refractivity (Wildman–Crippen MR) is 126 cm³/mol. The molecule has 0 fully saturated rings.